The van der Waals surface area contributed by atoms with Gasteiger partial charge in [0.15, 0.2) is 0 Å². The zero-order chi connectivity index (χ0) is 18.3. The SMILES string of the molecule is CC[C@@]1(C)NC(=O)N(c2ccnc(Oc3ccc4c(c3)OCC4)c2)C1=O. The number of rotatable bonds is 4. The molecule has 1 fully saturated rings. The highest BCUT2D eigenvalue weighted by molar-refractivity contribution is 6.23. The third-order valence-electron chi connectivity index (χ3n) is 4.83. The number of ether oxygens (including phenoxy) is 2. The molecule has 2 aromatic rings. The summed E-state index contributed by atoms with van der Waals surface area (Å²) in [4.78, 5) is 30.2. The van der Waals surface area contributed by atoms with Gasteiger partial charge in [0.1, 0.15) is 17.0 Å². The van der Waals surface area contributed by atoms with E-state index >= 15 is 0 Å². The van der Waals surface area contributed by atoms with Crippen LogP contribution in [0.5, 0.6) is 17.4 Å². The lowest BCUT2D eigenvalue weighted by Crippen LogP contribution is -2.43. The normalized spacial score (nSPS) is 21.4. The first-order valence-electron chi connectivity index (χ1n) is 8.56. The van der Waals surface area contributed by atoms with Gasteiger partial charge in [-0.3, -0.25) is 4.79 Å². The average molecular weight is 353 g/mol. The molecule has 0 saturated carbocycles. The van der Waals surface area contributed by atoms with Crippen LogP contribution in [0.2, 0.25) is 0 Å². The quantitative estimate of drug-likeness (QED) is 0.855. The largest absolute Gasteiger partial charge is 0.493 e. The fraction of sp³-hybridized carbons (Fsp3) is 0.316. The van der Waals surface area contributed by atoms with Crippen molar-refractivity contribution in [3.8, 4) is 17.4 Å². The van der Waals surface area contributed by atoms with Gasteiger partial charge < -0.3 is 14.8 Å². The summed E-state index contributed by atoms with van der Waals surface area (Å²) in [5.41, 5.74) is 0.683. The number of nitrogens with zero attached hydrogens (tertiary/aromatic N) is 2. The molecule has 2 aliphatic rings. The first-order valence-corrected chi connectivity index (χ1v) is 8.56. The molecule has 0 spiro atoms. The molecule has 1 N–H and O–H groups in total. The lowest BCUT2D eigenvalue weighted by atomic mass is 9.99. The molecule has 1 saturated heterocycles. The number of pyridine rings is 1. The number of hydrogen-bond acceptors (Lipinski definition) is 5. The summed E-state index contributed by atoms with van der Waals surface area (Å²) >= 11 is 0. The van der Waals surface area contributed by atoms with Crippen LogP contribution < -0.4 is 19.7 Å². The average Bonchev–Trinajstić information content (AvgIpc) is 3.18. The van der Waals surface area contributed by atoms with Gasteiger partial charge in [-0.05, 0) is 31.0 Å². The van der Waals surface area contributed by atoms with Crippen molar-refractivity contribution in [1.82, 2.24) is 10.3 Å². The summed E-state index contributed by atoms with van der Waals surface area (Å²) in [6.07, 6.45) is 2.92. The minimum atomic E-state index is -0.890. The maximum atomic E-state index is 12.6. The van der Waals surface area contributed by atoms with Crippen LogP contribution in [-0.4, -0.2) is 29.1 Å². The number of amides is 3. The third kappa shape index (κ3) is 2.65. The Bertz CT molecular complexity index is 898. The Hall–Kier alpha value is -3.09. The van der Waals surface area contributed by atoms with Crippen molar-refractivity contribution in [3.63, 3.8) is 0 Å². The highest BCUT2D eigenvalue weighted by Crippen LogP contribution is 2.33. The van der Waals surface area contributed by atoms with E-state index in [9.17, 15) is 9.59 Å². The van der Waals surface area contributed by atoms with E-state index in [4.69, 9.17) is 9.47 Å². The standard InChI is InChI=1S/C19H19N3O4/c1-3-19(2)17(23)22(18(24)21-19)13-6-8-20-16(10-13)26-14-5-4-12-7-9-25-15(12)11-14/h4-6,8,10-11H,3,7,9H2,1-2H3,(H,21,24)/t19-/m1/s1. The Balaban J connectivity index is 1.59. The van der Waals surface area contributed by atoms with Crippen LogP contribution in [0.15, 0.2) is 36.5 Å². The van der Waals surface area contributed by atoms with Gasteiger partial charge in [0.05, 0.1) is 12.3 Å². The number of carbonyl (C=O) groups is 2. The van der Waals surface area contributed by atoms with E-state index in [-0.39, 0.29) is 5.91 Å². The van der Waals surface area contributed by atoms with Crippen molar-refractivity contribution < 1.29 is 19.1 Å². The number of aromatic nitrogens is 1. The second kappa shape index (κ2) is 6.01. The fourth-order valence-electron chi connectivity index (χ4n) is 3.08. The summed E-state index contributed by atoms with van der Waals surface area (Å²) in [6, 6.07) is 8.38. The topological polar surface area (TPSA) is 80.8 Å². The lowest BCUT2D eigenvalue weighted by Gasteiger charge is -2.19. The first kappa shape index (κ1) is 16.4. The summed E-state index contributed by atoms with van der Waals surface area (Å²) in [5.74, 6) is 1.41. The Kier molecular flexibility index (Phi) is 3.79. The van der Waals surface area contributed by atoms with Crippen molar-refractivity contribution in [2.24, 2.45) is 0 Å². The van der Waals surface area contributed by atoms with Gasteiger partial charge in [-0.15, -0.1) is 0 Å². The number of hydrogen-bond donors (Lipinski definition) is 1. The van der Waals surface area contributed by atoms with Crippen LogP contribution in [0.25, 0.3) is 0 Å². The van der Waals surface area contributed by atoms with Gasteiger partial charge in [-0.1, -0.05) is 13.0 Å². The molecule has 3 amide bonds. The highest BCUT2D eigenvalue weighted by atomic mass is 16.5. The highest BCUT2D eigenvalue weighted by Gasteiger charge is 2.47. The van der Waals surface area contributed by atoms with Crippen LogP contribution in [-0.2, 0) is 11.2 Å². The predicted molar refractivity (Wildman–Crippen MR) is 94.7 cm³/mol. The predicted octanol–water partition coefficient (Wildman–Crippen LogP) is 3.03. The molecule has 3 heterocycles. The van der Waals surface area contributed by atoms with Gasteiger partial charge in [0, 0.05) is 24.8 Å². The number of benzene rings is 1. The molecule has 1 aromatic carbocycles. The minimum Gasteiger partial charge on any atom is -0.493 e. The number of imide groups is 1. The molecule has 0 unspecified atom stereocenters. The molecule has 0 bridgehead atoms. The number of carbonyl (C=O) groups excluding carboxylic acids is 2. The summed E-state index contributed by atoms with van der Waals surface area (Å²) in [7, 11) is 0. The number of nitrogens with one attached hydrogen (secondary N) is 1. The van der Waals surface area contributed by atoms with E-state index in [2.05, 4.69) is 10.3 Å². The Morgan fingerprint density at radius 1 is 1.31 bits per heavy atom. The van der Waals surface area contributed by atoms with Gasteiger partial charge in [0.2, 0.25) is 5.88 Å². The molecule has 0 aliphatic carbocycles. The fourth-order valence-corrected chi connectivity index (χ4v) is 3.08. The third-order valence-corrected chi connectivity index (χ3v) is 4.83. The molecule has 1 atom stereocenters. The van der Waals surface area contributed by atoms with E-state index in [1.165, 1.54) is 6.20 Å². The summed E-state index contributed by atoms with van der Waals surface area (Å²) in [6.45, 7) is 4.25. The van der Waals surface area contributed by atoms with Crippen LogP contribution in [0.4, 0.5) is 10.5 Å². The van der Waals surface area contributed by atoms with Crippen molar-refractivity contribution in [2.75, 3.05) is 11.5 Å². The molecule has 1 aromatic heterocycles. The minimum absolute atomic E-state index is 0.284. The van der Waals surface area contributed by atoms with Crippen molar-refractivity contribution in [1.29, 1.82) is 0 Å². The Labute approximate surface area is 150 Å². The van der Waals surface area contributed by atoms with E-state index < -0.39 is 11.6 Å². The molecule has 26 heavy (non-hydrogen) atoms. The Morgan fingerprint density at radius 3 is 2.92 bits per heavy atom. The molecule has 0 radical (unpaired) electrons. The van der Waals surface area contributed by atoms with Gasteiger partial charge in [-0.25, -0.2) is 14.7 Å². The molecule has 7 heteroatoms. The monoisotopic (exact) mass is 353 g/mol. The summed E-state index contributed by atoms with van der Waals surface area (Å²) < 4.78 is 11.3. The van der Waals surface area contributed by atoms with E-state index in [0.717, 1.165) is 22.6 Å². The molecule has 4 rings (SSSR count). The Morgan fingerprint density at radius 2 is 2.15 bits per heavy atom. The van der Waals surface area contributed by atoms with Gasteiger partial charge in [-0.2, -0.15) is 0 Å². The van der Waals surface area contributed by atoms with Crippen LogP contribution >= 0.6 is 0 Å². The molecule has 2 aliphatic heterocycles. The number of fused-ring (bicyclic) bond motifs is 1. The number of anilines is 1. The second-order valence-corrected chi connectivity index (χ2v) is 6.58. The van der Waals surface area contributed by atoms with Crippen LogP contribution in [0.1, 0.15) is 25.8 Å². The molecule has 134 valence electrons. The smallest absolute Gasteiger partial charge is 0.329 e. The summed E-state index contributed by atoms with van der Waals surface area (Å²) in [5, 5.41) is 2.74. The van der Waals surface area contributed by atoms with Gasteiger partial charge >= 0.3 is 6.03 Å². The van der Waals surface area contributed by atoms with Gasteiger partial charge in [0.25, 0.3) is 5.91 Å². The molecular weight excluding hydrogens is 334 g/mol. The van der Waals surface area contributed by atoms with E-state index in [0.29, 0.717) is 30.3 Å². The zero-order valence-electron chi connectivity index (χ0n) is 14.6. The van der Waals surface area contributed by atoms with Crippen molar-refractivity contribution in [2.45, 2.75) is 32.2 Å². The second-order valence-electron chi connectivity index (χ2n) is 6.58. The van der Waals surface area contributed by atoms with Crippen molar-refractivity contribution >= 4 is 17.6 Å². The maximum Gasteiger partial charge on any atom is 0.329 e. The van der Waals surface area contributed by atoms with Crippen LogP contribution in [0, 0.1) is 0 Å². The number of urea groups is 1. The zero-order valence-corrected chi connectivity index (χ0v) is 14.6. The maximum absolute atomic E-state index is 12.6. The van der Waals surface area contributed by atoms with Crippen molar-refractivity contribution in [3.05, 3.63) is 42.1 Å². The molecular formula is C19H19N3O4. The lowest BCUT2D eigenvalue weighted by molar-refractivity contribution is -0.121. The van der Waals surface area contributed by atoms with E-state index in [1.54, 1.807) is 19.1 Å². The van der Waals surface area contributed by atoms with Crippen LogP contribution in [0.3, 0.4) is 0 Å². The molecule has 7 nitrogen and oxygen atoms in total. The van der Waals surface area contributed by atoms with E-state index in [1.807, 2.05) is 25.1 Å². The first-order chi connectivity index (χ1) is 12.5.